The Hall–Kier alpha value is -3.11. The molecule has 0 saturated heterocycles. The summed E-state index contributed by atoms with van der Waals surface area (Å²) in [7, 11) is 0. The minimum absolute atomic E-state index is 0.0469. The third kappa shape index (κ3) is 4.74. The van der Waals surface area contributed by atoms with Gasteiger partial charge in [0, 0.05) is 16.1 Å². The molecule has 0 aliphatic rings. The molecule has 2 heterocycles. The highest BCUT2D eigenvalue weighted by Crippen LogP contribution is 2.19. The number of nitrogens with one attached hydrogen (secondary N) is 4. The van der Waals surface area contributed by atoms with E-state index in [1.807, 2.05) is 4.98 Å². The van der Waals surface area contributed by atoms with E-state index in [-0.39, 0.29) is 22.3 Å². The summed E-state index contributed by atoms with van der Waals surface area (Å²) >= 11 is 7.07. The lowest BCUT2D eigenvalue weighted by Gasteiger charge is -2.07. The second kappa shape index (κ2) is 8.06. The number of benzene rings is 1. The number of thioether (sulfide) groups is 1. The maximum atomic E-state index is 12.1. The van der Waals surface area contributed by atoms with Gasteiger partial charge >= 0.3 is 5.69 Å². The van der Waals surface area contributed by atoms with Gasteiger partial charge in [0.25, 0.3) is 11.5 Å². The number of aromatic amines is 2. The summed E-state index contributed by atoms with van der Waals surface area (Å²) in [6.07, 6.45) is 1.18. The zero-order valence-electron chi connectivity index (χ0n) is 13.5. The van der Waals surface area contributed by atoms with E-state index < -0.39 is 23.1 Å². The predicted molar refractivity (Wildman–Crippen MR) is 101 cm³/mol. The van der Waals surface area contributed by atoms with Crippen LogP contribution in [0.25, 0.3) is 11.0 Å². The Bertz CT molecular complexity index is 1130. The van der Waals surface area contributed by atoms with Gasteiger partial charge in [-0.1, -0.05) is 11.6 Å². The van der Waals surface area contributed by atoms with Crippen molar-refractivity contribution < 1.29 is 9.59 Å². The molecule has 0 saturated carbocycles. The van der Waals surface area contributed by atoms with Crippen LogP contribution in [0.15, 0.2) is 51.0 Å². The number of hydrogen-bond donors (Lipinski definition) is 4. The first kappa shape index (κ1) is 18.7. The van der Waals surface area contributed by atoms with E-state index >= 15 is 0 Å². The van der Waals surface area contributed by atoms with Gasteiger partial charge in [-0.3, -0.25) is 35.2 Å². The maximum absolute atomic E-state index is 12.1. The maximum Gasteiger partial charge on any atom is 0.327 e. The molecule has 0 aliphatic carbocycles. The van der Waals surface area contributed by atoms with Crippen LogP contribution in [0.1, 0.15) is 10.4 Å². The standard InChI is InChI=1S/C16H12ClN5O4S/c17-9-1-3-10(4-2-9)27-7-12(23)21-22-14(24)8-5-11-13(18-6-8)19-16(26)20-15(11)25/h1-6H,7H2,(H,21,23)(H,22,24)(H2,18,19,20,25,26). The molecule has 0 atom stereocenters. The number of rotatable bonds is 4. The summed E-state index contributed by atoms with van der Waals surface area (Å²) in [6, 6.07) is 8.25. The Morgan fingerprint density at radius 1 is 1.11 bits per heavy atom. The van der Waals surface area contributed by atoms with E-state index in [2.05, 4.69) is 20.8 Å². The quantitative estimate of drug-likeness (QED) is 0.374. The fourth-order valence-corrected chi connectivity index (χ4v) is 2.91. The SMILES string of the molecule is O=C(CSc1ccc(Cl)cc1)NNC(=O)c1cnc2[nH]c(=O)[nH]c(=O)c2c1. The van der Waals surface area contributed by atoms with Crippen molar-refractivity contribution in [2.24, 2.45) is 0 Å². The van der Waals surface area contributed by atoms with Gasteiger partial charge in [-0.2, -0.15) is 0 Å². The number of H-pyrrole nitrogens is 2. The highest BCUT2D eigenvalue weighted by atomic mass is 35.5. The van der Waals surface area contributed by atoms with E-state index in [9.17, 15) is 19.2 Å². The molecule has 9 nitrogen and oxygen atoms in total. The van der Waals surface area contributed by atoms with Crippen molar-refractivity contribution in [3.05, 3.63) is 68.0 Å². The molecule has 0 bridgehead atoms. The average Bonchev–Trinajstić information content (AvgIpc) is 2.65. The lowest BCUT2D eigenvalue weighted by Crippen LogP contribution is -2.42. The Morgan fingerprint density at radius 3 is 2.59 bits per heavy atom. The molecule has 3 aromatic rings. The molecule has 0 unspecified atom stereocenters. The summed E-state index contributed by atoms with van der Waals surface area (Å²) < 4.78 is 0. The molecular weight excluding hydrogens is 394 g/mol. The van der Waals surface area contributed by atoms with Crippen molar-refractivity contribution in [2.45, 2.75) is 4.90 Å². The number of halogens is 1. The second-order valence-corrected chi connectivity index (χ2v) is 6.76. The van der Waals surface area contributed by atoms with Crippen LogP contribution in [-0.2, 0) is 4.79 Å². The molecule has 138 valence electrons. The molecule has 2 aromatic heterocycles. The molecule has 1 aromatic carbocycles. The first-order valence-corrected chi connectivity index (χ1v) is 8.88. The fraction of sp³-hybridized carbons (Fsp3) is 0.0625. The van der Waals surface area contributed by atoms with Gasteiger partial charge < -0.3 is 0 Å². The third-order valence-electron chi connectivity index (χ3n) is 3.35. The number of carbonyl (C=O) groups is 2. The van der Waals surface area contributed by atoms with Crippen LogP contribution in [0.5, 0.6) is 0 Å². The molecule has 11 heteroatoms. The zero-order chi connectivity index (χ0) is 19.4. The Morgan fingerprint density at radius 2 is 1.85 bits per heavy atom. The molecule has 2 amide bonds. The monoisotopic (exact) mass is 405 g/mol. The minimum atomic E-state index is -0.692. The Kier molecular flexibility index (Phi) is 5.57. The third-order valence-corrected chi connectivity index (χ3v) is 4.62. The van der Waals surface area contributed by atoms with Gasteiger partial charge in [0.1, 0.15) is 5.65 Å². The van der Waals surface area contributed by atoms with E-state index in [0.717, 1.165) is 4.90 Å². The zero-order valence-corrected chi connectivity index (χ0v) is 15.1. The highest BCUT2D eigenvalue weighted by Gasteiger charge is 2.11. The van der Waals surface area contributed by atoms with Crippen molar-refractivity contribution in [3.63, 3.8) is 0 Å². The lowest BCUT2D eigenvalue weighted by atomic mass is 10.2. The number of amides is 2. The van der Waals surface area contributed by atoms with Crippen LogP contribution in [0.3, 0.4) is 0 Å². The number of hydrogen-bond acceptors (Lipinski definition) is 6. The van der Waals surface area contributed by atoms with Crippen molar-refractivity contribution in [3.8, 4) is 0 Å². The van der Waals surface area contributed by atoms with Crippen molar-refractivity contribution in [2.75, 3.05) is 5.75 Å². The first-order valence-electron chi connectivity index (χ1n) is 7.52. The van der Waals surface area contributed by atoms with Gasteiger partial charge in [-0.05, 0) is 30.3 Å². The van der Waals surface area contributed by atoms with Gasteiger partial charge in [0.2, 0.25) is 5.91 Å². The molecule has 0 spiro atoms. The number of nitrogens with zero attached hydrogens (tertiary/aromatic N) is 1. The second-order valence-electron chi connectivity index (χ2n) is 5.27. The van der Waals surface area contributed by atoms with Crippen LogP contribution in [0.2, 0.25) is 5.02 Å². The molecule has 0 aliphatic heterocycles. The van der Waals surface area contributed by atoms with E-state index in [1.54, 1.807) is 24.3 Å². The summed E-state index contributed by atoms with van der Waals surface area (Å²) in [5, 5.41) is 0.648. The van der Waals surface area contributed by atoms with Crippen LogP contribution in [0, 0.1) is 0 Å². The molecular formula is C16H12ClN5O4S. The van der Waals surface area contributed by atoms with Crippen molar-refractivity contribution in [1.82, 2.24) is 25.8 Å². The number of aromatic nitrogens is 3. The summed E-state index contributed by atoms with van der Waals surface area (Å²) in [5.41, 5.74) is 3.27. The highest BCUT2D eigenvalue weighted by molar-refractivity contribution is 8.00. The van der Waals surface area contributed by atoms with Gasteiger partial charge in [-0.25, -0.2) is 9.78 Å². The molecule has 27 heavy (non-hydrogen) atoms. The normalized spacial score (nSPS) is 10.6. The number of pyridine rings is 1. The molecule has 0 fully saturated rings. The number of hydrazine groups is 1. The summed E-state index contributed by atoms with van der Waals surface area (Å²) in [5.74, 6) is -0.988. The largest absolute Gasteiger partial charge is 0.327 e. The van der Waals surface area contributed by atoms with Gasteiger partial charge in [-0.15, -0.1) is 11.8 Å². The van der Waals surface area contributed by atoms with Gasteiger partial charge in [0.15, 0.2) is 0 Å². The van der Waals surface area contributed by atoms with Crippen LogP contribution in [-0.4, -0.2) is 32.5 Å². The molecule has 4 N–H and O–H groups in total. The average molecular weight is 406 g/mol. The Balaban J connectivity index is 1.59. The van der Waals surface area contributed by atoms with Crippen LogP contribution in [0.4, 0.5) is 0 Å². The molecule has 3 rings (SSSR count). The first-order chi connectivity index (χ1) is 12.9. The predicted octanol–water partition coefficient (Wildman–Crippen LogP) is 0.818. The fourth-order valence-electron chi connectivity index (χ4n) is 2.09. The van der Waals surface area contributed by atoms with E-state index in [1.165, 1.54) is 24.0 Å². The van der Waals surface area contributed by atoms with E-state index in [0.29, 0.717) is 5.02 Å². The minimum Gasteiger partial charge on any atom is -0.291 e. The topological polar surface area (TPSA) is 137 Å². The summed E-state index contributed by atoms with van der Waals surface area (Å²) in [4.78, 5) is 56.0. The van der Waals surface area contributed by atoms with Crippen LogP contribution >= 0.6 is 23.4 Å². The van der Waals surface area contributed by atoms with Crippen molar-refractivity contribution >= 4 is 46.2 Å². The number of carbonyl (C=O) groups excluding carboxylic acids is 2. The van der Waals surface area contributed by atoms with Gasteiger partial charge in [0.05, 0.1) is 16.7 Å². The van der Waals surface area contributed by atoms with Crippen LogP contribution < -0.4 is 22.1 Å². The lowest BCUT2D eigenvalue weighted by molar-refractivity contribution is -0.119. The van der Waals surface area contributed by atoms with Crippen molar-refractivity contribution in [1.29, 1.82) is 0 Å². The molecule has 0 radical (unpaired) electrons. The smallest absolute Gasteiger partial charge is 0.291 e. The Labute approximate surface area is 160 Å². The number of fused-ring (bicyclic) bond motifs is 1. The summed E-state index contributed by atoms with van der Waals surface area (Å²) in [6.45, 7) is 0. The van der Waals surface area contributed by atoms with E-state index in [4.69, 9.17) is 11.6 Å².